The monoisotopic (exact) mass is 294 g/mol. The first-order valence-corrected chi connectivity index (χ1v) is 6.23. The van der Waals surface area contributed by atoms with Crippen LogP contribution in [0.2, 0.25) is 5.02 Å². The van der Waals surface area contributed by atoms with Gasteiger partial charge in [-0.25, -0.2) is 8.78 Å². The van der Waals surface area contributed by atoms with E-state index >= 15 is 0 Å². The SMILES string of the molecule is C=C(Nc1cc(F)c(N)c(F)c1)c1cc(C)ccc1Cl. The van der Waals surface area contributed by atoms with Crippen LogP contribution >= 0.6 is 11.6 Å². The molecule has 0 aromatic heterocycles. The maximum atomic E-state index is 13.4. The fourth-order valence-corrected chi connectivity index (χ4v) is 2.00. The second-order valence-corrected chi connectivity index (χ2v) is 4.85. The first kappa shape index (κ1) is 14.3. The van der Waals surface area contributed by atoms with Crippen molar-refractivity contribution in [2.45, 2.75) is 6.92 Å². The molecular formula is C15H13ClF2N2. The van der Waals surface area contributed by atoms with Crippen LogP contribution in [0.1, 0.15) is 11.1 Å². The van der Waals surface area contributed by atoms with Gasteiger partial charge in [0.1, 0.15) is 5.69 Å². The van der Waals surface area contributed by atoms with Crippen molar-refractivity contribution in [1.29, 1.82) is 0 Å². The lowest BCUT2D eigenvalue weighted by atomic mass is 10.1. The van der Waals surface area contributed by atoms with E-state index in [1.165, 1.54) is 0 Å². The zero-order valence-electron chi connectivity index (χ0n) is 10.8. The van der Waals surface area contributed by atoms with Crippen molar-refractivity contribution < 1.29 is 8.78 Å². The van der Waals surface area contributed by atoms with Crippen molar-refractivity contribution in [2.24, 2.45) is 0 Å². The average Bonchev–Trinajstić information content (AvgIpc) is 2.38. The number of nitrogens with one attached hydrogen (secondary N) is 1. The number of rotatable bonds is 3. The lowest BCUT2D eigenvalue weighted by molar-refractivity contribution is 0.593. The highest BCUT2D eigenvalue weighted by Gasteiger charge is 2.10. The van der Waals surface area contributed by atoms with Gasteiger partial charge in [0.2, 0.25) is 0 Å². The Hall–Kier alpha value is -2.07. The molecule has 0 bridgehead atoms. The maximum absolute atomic E-state index is 13.4. The molecule has 0 heterocycles. The fourth-order valence-electron chi connectivity index (χ4n) is 1.77. The Kier molecular flexibility index (Phi) is 3.95. The molecule has 0 spiro atoms. The highest BCUT2D eigenvalue weighted by atomic mass is 35.5. The Morgan fingerprint density at radius 1 is 1.20 bits per heavy atom. The first-order chi connectivity index (χ1) is 9.38. The second-order valence-electron chi connectivity index (χ2n) is 4.44. The molecule has 0 aliphatic heterocycles. The van der Waals surface area contributed by atoms with Gasteiger partial charge in [-0.2, -0.15) is 0 Å². The number of hydrogen-bond acceptors (Lipinski definition) is 2. The summed E-state index contributed by atoms with van der Waals surface area (Å²) in [5, 5.41) is 3.32. The summed E-state index contributed by atoms with van der Waals surface area (Å²) in [7, 11) is 0. The average molecular weight is 295 g/mol. The van der Waals surface area contributed by atoms with E-state index in [0.717, 1.165) is 17.7 Å². The molecule has 0 amide bonds. The van der Waals surface area contributed by atoms with Crippen LogP contribution in [-0.2, 0) is 0 Å². The minimum Gasteiger partial charge on any atom is -0.394 e. The van der Waals surface area contributed by atoms with Crippen molar-refractivity contribution in [3.63, 3.8) is 0 Å². The van der Waals surface area contributed by atoms with Gasteiger partial charge in [0.15, 0.2) is 11.6 Å². The molecule has 0 atom stereocenters. The molecule has 3 N–H and O–H groups in total. The molecule has 0 saturated carbocycles. The molecule has 2 aromatic carbocycles. The number of hydrogen-bond donors (Lipinski definition) is 2. The van der Waals surface area contributed by atoms with Crippen LogP contribution in [0.25, 0.3) is 5.70 Å². The Morgan fingerprint density at radius 2 is 1.80 bits per heavy atom. The van der Waals surface area contributed by atoms with Crippen molar-refractivity contribution >= 4 is 28.7 Å². The third-order valence-corrected chi connectivity index (χ3v) is 3.15. The molecule has 2 aromatic rings. The molecular weight excluding hydrogens is 282 g/mol. The Balaban J connectivity index is 2.30. The van der Waals surface area contributed by atoms with E-state index in [0.29, 0.717) is 16.3 Å². The van der Waals surface area contributed by atoms with Gasteiger partial charge in [0.25, 0.3) is 0 Å². The Labute approximate surface area is 120 Å². The largest absolute Gasteiger partial charge is 0.394 e. The normalized spacial score (nSPS) is 10.4. The lowest BCUT2D eigenvalue weighted by Gasteiger charge is -2.13. The molecule has 2 nitrogen and oxygen atoms in total. The predicted octanol–water partition coefficient (Wildman–Crippen LogP) is 4.59. The first-order valence-electron chi connectivity index (χ1n) is 5.85. The maximum Gasteiger partial charge on any atom is 0.151 e. The predicted molar refractivity (Wildman–Crippen MR) is 79.6 cm³/mol. The minimum atomic E-state index is -0.823. The van der Waals surface area contributed by atoms with Gasteiger partial charge < -0.3 is 11.1 Å². The molecule has 20 heavy (non-hydrogen) atoms. The van der Waals surface area contributed by atoms with Gasteiger partial charge in [-0.05, 0) is 31.2 Å². The number of aryl methyl sites for hydroxylation is 1. The summed E-state index contributed by atoms with van der Waals surface area (Å²) in [5.74, 6) is -1.65. The van der Waals surface area contributed by atoms with Crippen molar-refractivity contribution in [2.75, 3.05) is 11.1 Å². The molecule has 0 unspecified atom stereocenters. The summed E-state index contributed by atoms with van der Waals surface area (Å²) in [6, 6.07) is 7.65. The molecule has 0 radical (unpaired) electrons. The van der Waals surface area contributed by atoms with Crippen molar-refractivity contribution in [3.8, 4) is 0 Å². The van der Waals surface area contributed by atoms with Crippen LogP contribution in [-0.4, -0.2) is 0 Å². The third-order valence-electron chi connectivity index (χ3n) is 2.82. The molecule has 2 rings (SSSR count). The molecule has 5 heteroatoms. The molecule has 104 valence electrons. The molecule has 0 aliphatic rings. The van der Waals surface area contributed by atoms with Gasteiger partial charge in [0.05, 0.1) is 0 Å². The molecule has 0 fully saturated rings. The fraction of sp³-hybridized carbons (Fsp3) is 0.0667. The van der Waals surface area contributed by atoms with E-state index in [9.17, 15) is 8.78 Å². The topological polar surface area (TPSA) is 38.0 Å². The van der Waals surface area contributed by atoms with E-state index < -0.39 is 17.3 Å². The third kappa shape index (κ3) is 2.91. The van der Waals surface area contributed by atoms with Crippen LogP contribution in [0.4, 0.5) is 20.2 Å². The zero-order valence-corrected chi connectivity index (χ0v) is 11.6. The summed E-state index contributed by atoms with van der Waals surface area (Å²) in [6.45, 7) is 5.74. The quantitative estimate of drug-likeness (QED) is 0.812. The van der Waals surface area contributed by atoms with Gasteiger partial charge in [-0.3, -0.25) is 0 Å². The number of nitrogens with two attached hydrogens (primary N) is 1. The number of anilines is 2. The van der Waals surface area contributed by atoms with E-state index in [1.54, 1.807) is 6.07 Å². The van der Waals surface area contributed by atoms with E-state index in [1.807, 2.05) is 19.1 Å². The standard InChI is InChI=1S/C15H13ClF2N2/c1-8-3-4-12(16)11(5-8)9(2)20-10-6-13(17)15(19)14(18)7-10/h3-7,20H,2,19H2,1H3. The van der Waals surface area contributed by atoms with Crippen LogP contribution < -0.4 is 11.1 Å². The highest BCUT2D eigenvalue weighted by Crippen LogP contribution is 2.27. The van der Waals surface area contributed by atoms with Crippen LogP contribution in [0.3, 0.4) is 0 Å². The lowest BCUT2D eigenvalue weighted by Crippen LogP contribution is -2.02. The summed E-state index contributed by atoms with van der Waals surface area (Å²) in [4.78, 5) is 0. The second kappa shape index (κ2) is 5.51. The van der Waals surface area contributed by atoms with Gasteiger partial charge >= 0.3 is 0 Å². The molecule has 0 aliphatic carbocycles. The molecule has 0 saturated heterocycles. The van der Waals surface area contributed by atoms with Crippen molar-refractivity contribution in [1.82, 2.24) is 0 Å². The van der Waals surface area contributed by atoms with Crippen LogP contribution in [0.5, 0.6) is 0 Å². The smallest absolute Gasteiger partial charge is 0.151 e. The highest BCUT2D eigenvalue weighted by molar-refractivity contribution is 6.32. The van der Waals surface area contributed by atoms with E-state index in [-0.39, 0.29) is 5.69 Å². The van der Waals surface area contributed by atoms with Crippen LogP contribution in [0, 0.1) is 18.6 Å². The number of nitrogen functional groups attached to an aromatic ring is 1. The zero-order chi connectivity index (χ0) is 14.9. The van der Waals surface area contributed by atoms with Crippen molar-refractivity contribution in [3.05, 3.63) is 64.7 Å². The Bertz CT molecular complexity index is 661. The van der Waals surface area contributed by atoms with E-state index in [2.05, 4.69) is 11.9 Å². The Morgan fingerprint density at radius 3 is 2.40 bits per heavy atom. The number of benzene rings is 2. The summed E-state index contributed by atoms with van der Waals surface area (Å²) in [6.07, 6.45) is 0. The number of halogens is 3. The summed E-state index contributed by atoms with van der Waals surface area (Å²) in [5.41, 5.74) is 7.05. The summed E-state index contributed by atoms with van der Waals surface area (Å²) < 4.78 is 26.8. The summed E-state index contributed by atoms with van der Waals surface area (Å²) >= 11 is 6.08. The van der Waals surface area contributed by atoms with Crippen LogP contribution in [0.15, 0.2) is 36.9 Å². The van der Waals surface area contributed by atoms with Gasteiger partial charge in [0, 0.05) is 22.0 Å². The van der Waals surface area contributed by atoms with E-state index in [4.69, 9.17) is 17.3 Å². The van der Waals surface area contributed by atoms with Gasteiger partial charge in [-0.15, -0.1) is 0 Å². The van der Waals surface area contributed by atoms with Gasteiger partial charge in [-0.1, -0.05) is 29.8 Å². The minimum absolute atomic E-state index is 0.219.